The minimum Gasteiger partial charge on any atom is -0.389 e. The van der Waals surface area contributed by atoms with Crippen LogP contribution >= 0.6 is 11.6 Å². The Balaban J connectivity index is 2.25. The first-order valence-electron chi connectivity index (χ1n) is 6.54. The van der Waals surface area contributed by atoms with Gasteiger partial charge in [0, 0.05) is 38.8 Å². The highest BCUT2D eigenvalue weighted by molar-refractivity contribution is 6.31. The quantitative estimate of drug-likeness (QED) is 0.917. The molecule has 0 saturated carbocycles. The van der Waals surface area contributed by atoms with Crippen LogP contribution in [-0.2, 0) is 4.74 Å². The van der Waals surface area contributed by atoms with Crippen LogP contribution in [0.5, 0.6) is 0 Å². The van der Waals surface area contributed by atoms with Crippen LogP contribution in [0.3, 0.4) is 0 Å². The van der Waals surface area contributed by atoms with Gasteiger partial charge in [0.15, 0.2) is 0 Å². The second-order valence-electron chi connectivity index (χ2n) is 4.96. The smallest absolute Gasteiger partial charge is 0.0947 e. The molecule has 1 N–H and O–H groups in total. The number of benzene rings is 1. The molecule has 1 atom stereocenters. The Morgan fingerprint density at radius 1 is 1.37 bits per heavy atom. The third kappa shape index (κ3) is 3.53. The van der Waals surface area contributed by atoms with Crippen molar-refractivity contribution in [2.45, 2.75) is 12.5 Å². The van der Waals surface area contributed by atoms with E-state index in [1.807, 2.05) is 18.2 Å². The lowest BCUT2D eigenvalue weighted by atomic mass is 10.2. The molecule has 0 spiro atoms. The van der Waals surface area contributed by atoms with Gasteiger partial charge in [0.05, 0.1) is 24.1 Å². The summed E-state index contributed by atoms with van der Waals surface area (Å²) in [4.78, 5) is 4.42. The molecule has 1 aliphatic rings. The van der Waals surface area contributed by atoms with Gasteiger partial charge in [-0.25, -0.2) is 0 Å². The normalized spacial score (nSPS) is 17.1. The molecule has 0 radical (unpaired) electrons. The molecule has 0 aromatic heterocycles. The van der Waals surface area contributed by atoms with Crippen molar-refractivity contribution < 1.29 is 9.84 Å². The van der Waals surface area contributed by atoms with Gasteiger partial charge in [-0.3, -0.25) is 0 Å². The number of aliphatic hydroxyl groups is 1. The fraction of sp³-hybridized carbons (Fsp3) is 0.571. The summed E-state index contributed by atoms with van der Waals surface area (Å²) in [5, 5.41) is 10.7. The average Bonchev–Trinajstić information content (AvgIpc) is 2.50. The highest BCUT2D eigenvalue weighted by Gasteiger charge is 2.20. The Bertz CT molecular complexity index is 428. The zero-order valence-electron chi connectivity index (χ0n) is 11.5. The summed E-state index contributed by atoms with van der Waals surface area (Å²) in [6.07, 6.45) is 0.572. The van der Waals surface area contributed by atoms with Gasteiger partial charge < -0.3 is 19.6 Å². The van der Waals surface area contributed by atoms with Crippen molar-refractivity contribution in [3.63, 3.8) is 0 Å². The number of nitrogens with zero attached hydrogens (tertiary/aromatic N) is 2. The minimum absolute atomic E-state index is 0.349. The summed E-state index contributed by atoms with van der Waals surface area (Å²) in [5.74, 6) is 0. The summed E-state index contributed by atoms with van der Waals surface area (Å²) in [6, 6.07) is 5.92. The summed E-state index contributed by atoms with van der Waals surface area (Å²) in [7, 11) is 3.69. The van der Waals surface area contributed by atoms with Crippen LogP contribution in [0.2, 0.25) is 5.02 Å². The number of β-amino-alcohol motifs (C(OH)–C–C–N with tert-alkyl or cyclic N) is 1. The van der Waals surface area contributed by atoms with E-state index in [1.165, 1.54) is 0 Å². The number of ether oxygens (including phenoxy) is 1. The zero-order chi connectivity index (χ0) is 13.8. The average molecular weight is 285 g/mol. The van der Waals surface area contributed by atoms with E-state index in [0.29, 0.717) is 13.2 Å². The molecule has 1 heterocycles. The number of anilines is 2. The van der Waals surface area contributed by atoms with Gasteiger partial charge in [-0.15, -0.1) is 0 Å². The van der Waals surface area contributed by atoms with Crippen LogP contribution in [-0.4, -0.2) is 51.6 Å². The summed E-state index contributed by atoms with van der Waals surface area (Å²) >= 11 is 6.11. The van der Waals surface area contributed by atoms with Crippen molar-refractivity contribution in [1.82, 2.24) is 0 Å². The van der Waals surface area contributed by atoms with Crippen molar-refractivity contribution in [1.29, 1.82) is 0 Å². The predicted octanol–water partition coefficient (Wildman–Crippen LogP) is 1.99. The van der Waals surface area contributed by atoms with Crippen molar-refractivity contribution in [2.24, 2.45) is 0 Å². The Hall–Kier alpha value is -0.970. The maximum absolute atomic E-state index is 9.94. The Morgan fingerprint density at radius 3 is 2.89 bits per heavy atom. The first kappa shape index (κ1) is 14.4. The van der Waals surface area contributed by atoms with Crippen molar-refractivity contribution in [3.05, 3.63) is 23.2 Å². The van der Waals surface area contributed by atoms with Crippen LogP contribution in [0.25, 0.3) is 0 Å². The number of rotatable bonds is 4. The van der Waals surface area contributed by atoms with Crippen LogP contribution in [0.4, 0.5) is 11.4 Å². The highest BCUT2D eigenvalue weighted by Crippen LogP contribution is 2.34. The summed E-state index contributed by atoms with van der Waals surface area (Å²) < 4.78 is 5.00. The lowest BCUT2D eigenvalue weighted by Gasteiger charge is -2.28. The molecule has 0 aliphatic carbocycles. The molecule has 1 unspecified atom stereocenters. The van der Waals surface area contributed by atoms with Crippen molar-refractivity contribution in [3.8, 4) is 0 Å². The van der Waals surface area contributed by atoms with Crippen LogP contribution in [0.1, 0.15) is 6.42 Å². The number of fused-ring (bicyclic) bond motifs is 1. The third-order valence-electron chi connectivity index (χ3n) is 3.40. The molecule has 0 amide bonds. The summed E-state index contributed by atoms with van der Waals surface area (Å²) in [5.41, 5.74) is 2.24. The molecule has 0 bridgehead atoms. The highest BCUT2D eigenvalue weighted by atomic mass is 35.5. The molecular formula is C14H21ClN2O2. The van der Waals surface area contributed by atoms with Crippen molar-refractivity contribution in [2.75, 3.05) is 50.2 Å². The fourth-order valence-corrected chi connectivity index (χ4v) is 2.67. The van der Waals surface area contributed by atoms with Gasteiger partial charge in [-0.1, -0.05) is 11.6 Å². The topological polar surface area (TPSA) is 35.9 Å². The molecule has 2 rings (SSSR count). The molecule has 0 saturated heterocycles. The fourth-order valence-electron chi connectivity index (χ4n) is 2.50. The zero-order valence-corrected chi connectivity index (χ0v) is 12.2. The molecule has 1 aromatic rings. The second kappa shape index (κ2) is 6.46. The summed E-state index contributed by atoms with van der Waals surface area (Å²) in [6.45, 7) is 2.83. The first-order chi connectivity index (χ1) is 9.11. The monoisotopic (exact) mass is 284 g/mol. The molecule has 4 nitrogen and oxygen atoms in total. The third-order valence-corrected chi connectivity index (χ3v) is 3.64. The maximum atomic E-state index is 9.94. The second-order valence-corrected chi connectivity index (χ2v) is 5.40. The Kier molecular flexibility index (Phi) is 4.91. The van der Waals surface area contributed by atoms with Crippen LogP contribution in [0.15, 0.2) is 18.2 Å². The largest absolute Gasteiger partial charge is 0.389 e. The van der Waals surface area contributed by atoms with E-state index in [9.17, 15) is 5.11 Å². The van der Waals surface area contributed by atoms with E-state index < -0.39 is 6.10 Å². The van der Waals surface area contributed by atoms with Gasteiger partial charge in [0.2, 0.25) is 0 Å². The standard InChI is InChI=1S/C14H21ClN2O2/c1-16-6-3-7-17(9-12(18)10-19-2)14-8-11(15)4-5-13(14)16/h4-5,8,12,18H,3,6-7,9-10H2,1-2H3. The van der Waals surface area contributed by atoms with E-state index >= 15 is 0 Å². The molecule has 19 heavy (non-hydrogen) atoms. The van der Waals surface area contributed by atoms with Gasteiger partial charge >= 0.3 is 0 Å². The Morgan fingerprint density at radius 2 is 2.16 bits per heavy atom. The van der Waals surface area contributed by atoms with Gasteiger partial charge in [0.1, 0.15) is 0 Å². The SMILES string of the molecule is COCC(O)CN1CCCN(C)c2ccc(Cl)cc21. The van der Waals surface area contributed by atoms with Crippen LogP contribution in [0, 0.1) is 0 Å². The maximum Gasteiger partial charge on any atom is 0.0947 e. The van der Waals surface area contributed by atoms with E-state index in [2.05, 4.69) is 16.8 Å². The number of methoxy groups -OCH3 is 1. The van der Waals surface area contributed by atoms with E-state index in [1.54, 1.807) is 7.11 Å². The van der Waals surface area contributed by atoms with E-state index in [0.717, 1.165) is 35.9 Å². The molecule has 0 fully saturated rings. The molecule has 106 valence electrons. The first-order valence-corrected chi connectivity index (χ1v) is 6.92. The van der Waals surface area contributed by atoms with Crippen molar-refractivity contribution >= 4 is 23.0 Å². The minimum atomic E-state index is -0.486. The lowest BCUT2D eigenvalue weighted by molar-refractivity contribution is 0.0688. The Labute approximate surface area is 119 Å². The lowest BCUT2D eigenvalue weighted by Crippen LogP contribution is -2.35. The molecule has 1 aromatic carbocycles. The molecular weight excluding hydrogens is 264 g/mol. The molecule has 1 aliphatic heterocycles. The number of hydrogen-bond acceptors (Lipinski definition) is 4. The van der Waals surface area contributed by atoms with E-state index in [4.69, 9.17) is 16.3 Å². The van der Waals surface area contributed by atoms with Gasteiger partial charge in [-0.05, 0) is 24.6 Å². The number of halogens is 1. The van der Waals surface area contributed by atoms with Gasteiger partial charge in [0.25, 0.3) is 0 Å². The van der Waals surface area contributed by atoms with E-state index in [-0.39, 0.29) is 0 Å². The molecule has 5 heteroatoms. The predicted molar refractivity (Wildman–Crippen MR) is 79.4 cm³/mol. The van der Waals surface area contributed by atoms with Crippen LogP contribution < -0.4 is 9.80 Å². The number of aliphatic hydroxyl groups excluding tert-OH is 1. The number of hydrogen-bond donors (Lipinski definition) is 1. The van der Waals surface area contributed by atoms with Gasteiger partial charge in [-0.2, -0.15) is 0 Å².